The number of nitrogens with one attached hydrogen (secondary N) is 1. The molecule has 1 amide bonds. The number of amides is 1. The van der Waals surface area contributed by atoms with Gasteiger partial charge in [-0.25, -0.2) is 0 Å². The fourth-order valence-corrected chi connectivity index (χ4v) is 3.81. The van der Waals surface area contributed by atoms with E-state index in [-0.39, 0.29) is 24.0 Å². The van der Waals surface area contributed by atoms with Crippen LogP contribution in [0, 0.1) is 6.92 Å². The summed E-state index contributed by atoms with van der Waals surface area (Å²) >= 11 is 0. The molecule has 2 aliphatic heterocycles. The van der Waals surface area contributed by atoms with Crippen LogP contribution in [0.15, 0.2) is 22.2 Å². The van der Waals surface area contributed by atoms with E-state index in [0.717, 1.165) is 51.0 Å². The van der Waals surface area contributed by atoms with Crippen LogP contribution in [0.25, 0.3) is 0 Å². The van der Waals surface area contributed by atoms with Gasteiger partial charge in [0.25, 0.3) is 0 Å². The molecule has 0 saturated carbocycles. The van der Waals surface area contributed by atoms with Crippen LogP contribution < -0.4 is 5.32 Å². The van der Waals surface area contributed by atoms with Gasteiger partial charge in [-0.1, -0.05) is 16.8 Å². The first kappa shape index (κ1) is 19.1. The Morgan fingerprint density at radius 3 is 2.81 bits per heavy atom. The van der Waals surface area contributed by atoms with Crippen molar-refractivity contribution < 1.29 is 14.1 Å². The van der Waals surface area contributed by atoms with Crippen molar-refractivity contribution in [2.75, 3.05) is 26.2 Å². The number of ether oxygens (including phenoxy) is 1. The van der Waals surface area contributed by atoms with Crippen LogP contribution in [0.4, 0.5) is 0 Å². The second kappa shape index (κ2) is 8.35. The van der Waals surface area contributed by atoms with Gasteiger partial charge < -0.3 is 14.6 Å². The number of rotatable bonds is 6. The second-order valence-electron chi connectivity index (χ2n) is 7.96. The standard InChI is InChI=1S/C20H31N3O3/c1-15(2)5-9-23-10-7-20(8-11-23)6-4-17(25-20)14-21-19(24)13-18-12-16(3)22-26-18/h5,12,17H,4,6-11,13-14H2,1-3H3,(H,21,24). The van der Waals surface area contributed by atoms with Crippen LogP contribution in [-0.4, -0.2) is 53.8 Å². The molecule has 26 heavy (non-hydrogen) atoms. The normalized spacial score (nSPS) is 22.5. The third-order valence-electron chi connectivity index (χ3n) is 5.40. The Labute approximate surface area is 155 Å². The van der Waals surface area contributed by atoms with Crippen molar-refractivity contribution in [1.82, 2.24) is 15.4 Å². The predicted molar refractivity (Wildman–Crippen MR) is 99.9 cm³/mol. The van der Waals surface area contributed by atoms with E-state index in [1.807, 2.05) is 6.92 Å². The molecule has 144 valence electrons. The molecule has 2 aliphatic rings. The van der Waals surface area contributed by atoms with Gasteiger partial charge in [-0.3, -0.25) is 9.69 Å². The van der Waals surface area contributed by atoms with Crippen molar-refractivity contribution in [1.29, 1.82) is 0 Å². The number of piperidine rings is 1. The van der Waals surface area contributed by atoms with E-state index in [4.69, 9.17) is 9.26 Å². The predicted octanol–water partition coefficient (Wildman–Crippen LogP) is 2.62. The third-order valence-corrected chi connectivity index (χ3v) is 5.40. The first-order chi connectivity index (χ1) is 12.4. The Morgan fingerprint density at radius 2 is 2.15 bits per heavy atom. The molecule has 1 aromatic rings. The molecule has 0 aromatic carbocycles. The van der Waals surface area contributed by atoms with Gasteiger partial charge in [-0.05, 0) is 46.5 Å². The highest BCUT2D eigenvalue weighted by Crippen LogP contribution is 2.38. The van der Waals surface area contributed by atoms with Crippen LogP contribution in [0.2, 0.25) is 0 Å². The summed E-state index contributed by atoms with van der Waals surface area (Å²) in [6.45, 7) is 9.94. The minimum atomic E-state index is -0.0396. The van der Waals surface area contributed by atoms with Gasteiger partial charge in [0.2, 0.25) is 5.91 Å². The maximum absolute atomic E-state index is 12.0. The molecule has 0 bridgehead atoms. The lowest BCUT2D eigenvalue weighted by molar-refractivity contribution is -0.122. The first-order valence-electron chi connectivity index (χ1n) is 9.67. The number of carbonyl (C=O) groups is 1. The van der Waals surface area contributed by atoms with Gasteiger partial charge in [-0.15, -0.1) is 0 Å². The Balaban J connectivity index is 1.39. The van der Waals surface area contributed by atoms with Crippen molar-refractivity contribution in [3.05, 3.63) is 29.2 Å². The highest BCUT2D eigenvalue weighted by molar-refractivity contribution is 5.77. The first-order valence-corrected chi connectivity index (χ1v) is 9.67. The molecule has 1 unspecified atom stereocenters. The van der Waals surface area contributed by atoms with Gasteiger partial charge in [-0.2, -0.15) is 0 Å². The Bertz CT molecular complexity index is 640. The fourth-order valence-electron chi connectivity index (χ4n) is 3.81. The molecule has 3 heterocycles. The molecule has 0 aliphatic carbocycles. The zero-order valence-corrected chi connectivity index (χ0v) is 16.2. The molecule has 1 N–H and O–H groups in total. The number of nitrogens with zero attached hydrogens (tertiary/aromatic N) is 2. The molecular weight excluding hydrogens is 330 g/mol. The molecule has 1 spiro atoms. The maximum atomic E-state index is 12.0. The summed E-state index contributed by atoms with van der Waals surface area (Å²) in [5.41, 5.74) is 2.20. The molecule has 1 aromatic heterocycles. The Kier molecular flexibility index (Phi) is 6.14. The number of aryl methyl sites for hydroxylation is 1. The largest absolute Gasteiger partial charge is 0.370 e. The lowest BCUT2D eigenvalue weighted by Crippen LogP contribution is -2.45. The topological polar surface area (TPSA) is 67.6 Å². The molecule has 3 rings (SSSR count). The van der Waals surface area contributed by atoms with Crippen molar-refractivity contribution in [2.45, 2.75) is 64.6 Å². The average Bonchev–Trinajstić information content (AvgIpc) is 3.19. The minimum absolute atomic E-state index is 0.0267. The fraction of sp³-hybridized carbons (Fsp3) is 0.700. The molecule has 2 fully saturated rings. The van der Waals surface area contributed by atoms with E-state index >= 15 is 0 Å². The van der Waals surface area contributed by atoms with Crippen LogP contribution in [0.1, 0.15) is 51.0 Å². The molecule has 1 atom stereocenters. The molecule has 6 nitrogen and oxygen atoms in total. The molecule has 2 saturated heterocycles. The number of likely N-dealkylation sites (tertiary alicyclic amines) is 1. The van der Waals surface area contributed by atoms with Crippen LogP contribution in [-0.2, 0) is 16.0 Å². The number of allylic oxidation sites excluding steroid dienone is 1. The minimum Gasteiger partial charge on any atom is -0.370 e. The van der Waals surface area contributed by atoms with E-state index < -0.39 is 0 Å². The molecule has 0 radical (unpaired) electrons. The van der Waals surface area contributed by atoms with Gasteiger partial charge in [0.1, 0.15) is 5.76 Å². The second-order valence-corrected chi connectivity index (χ2v) is 7.96. The molecule has 6 heteroatoms. The average molecular weight is 361 g/mol. The van der Waals surface area contributed by atoms with Crippen molar-refractivity contribution in [2.24, 2.45) is 0 Å². The number of carbonyl (C=O) groups excluding carboxylic acids is 1. The number of aromatic nitrogens is 1. The van der Waals surface area contributed by atoms with Crippen molar-refractivity contribution in [3.8, 4) is 0 Å². The Hall–Kier alpha value is -1.66. The van der Waals surface area contributed by atoms with Gasteiger partial charge in [0.05, 0.1) is 23.8 Å². The van der Waals surface area contributed by atoms with Crippen molar-refractivity contribution >= 4 is 5.91 Å². The van der Waals surface area contributed by atoms with E-state index in [2.05, 4.69) is 35.3 Å². The summed E-state index contributed by atoms with van der Waals surface area (Å²) in [6.07, 6.45) is 6.96. The van der Waals surface area contributed by atoms with E-state index in [9.17, 15) is 4.79 Å². The summed E-state index contributed by atoms with van der Waals surface area (Å²) < 4.78 is 11.5. The molecular formula is C20H31N3O3. The lowest BCUT2D eigenvalue weighted by Gasteiger charge is -2.39. The van der Waals surface area contributed by atoms with E-state index in [1.165, 1.54) is 5.57 Å². The number of hydrogen-bond acceptors (Lipinski definition) is 5. The van der Waals surface area contributed by atoms with Gasteiger partial charge in [0, 0.05) is 32.2 Å². The highest BCUT2D eigenvalue weighted by atomic mass is 16.5. The third kappa shape index (κ3) is 5.17. The quantitative estimate of drug-likeness (QED) is 0.789. The zero-order chi connectivity index (χ0) is 18.6. The zero-order valence-electron chi connectivity index (χ0n) is 16.2. The SMILES string of the molecule is CC(C)=CCN1CCC2(CCC(CNC(=O)Cc3cc(C)no3)O2)CC1. The van der Waals surface area contributed by atoms with Crippen LogP contribution in [0.5, 0.6) is 0 Å². The Morgan fingerprint density at radius 1 is 1.38 bits per heavy atom. The maximum Gasteiger partial charge on any atom is 0.227 e. The van der Waals surface area contributed by atoms with Gasteiger partial charge in [0.15, 0.2) is 0 Å². The smallest absolute Gasteiger partial charge is 0.227 e. The lowest BCUT2D eigenvalue weighted by atomic mass is 9.88. The van der Waals surface area contributed by atoms with Gasteiger partial charge >= 0.3 is 0 Å². The summed E-state index contributed by atoms with van der Waals surface area (Å²) in [5, 5.41) is 6.78. The summed E-state index contributed by atoms with van der Waals surface area (Å²) in [6, 6.07) is 1.80. The summed E-state index contributed by atoms with van der Waals surface area (Å²) in [7, 11) is 0. The van der Waals surface area contributed by atoms with Crippen LogP contribution in [0.3, 0.4) is 0 Å². The monoisotopic (exact) mass is 361 g/mol. The summed E-state index contributed by atoms with van der Waals surface area (Å²) in [4.78, 5) is 14.5. The van der Waals surface area contributed by atoms with E-state index in [0.29, 0.717) is 12.3 Å². The highest BCUT2D eigenvalue weighted by Gasteiger charge is 2.42. The number of hydrogen-bond donors (Lipinski definition) is 1. The van der Waals surface area contributed by atoms with E-state index in [1.54, 1.807) is 6.07 Å². The van der Waals surface area contributed by atoms with Crippen LogP contribution >= 0.6 is 0 Å². The summed E-state index contributed by atoms with van der Waals surface area (Å²) in [5.74, 6) is 0.565. The van der Waals surface area contributed by atoms with Crippen molar-refractivity contribution in [3.63, 3.8) is 0 Å².